The van der Waals surface area contributed by atoms with Crippen LogP contribution < -0.4 is 9.62 Å². The van der Waals surface area contributed by atoms with Crippen LogP contribution in [0, 0.1) is 0 Å². The molecule has 4 aromatic rings. The summed E-state index contributed by atoms with van der Waals surface area (Å²) in [6.07, 6.45) is 0.273. The van der Waals surface area contributed by atoms with Crippen molar-refractivity contribution in [2.75, 3.05) is 17.4 Å². The third-order valence-electron chi connectivity index (χ3n) is 6.54. The number of nitrogens with one attached hydrogen (secondary N) is 1. The first-order valence-electron chi connectivity index (χ1n) is 13.3. The van der Waals surface area contributed by atoms with E-state index in [2.05, 4.69) is 21.2 Å². The number of hydrogen-bond acceptors (Lipinski definition) is 4. The lowest BCUT2D eigenvalue weighted by atomic mass is 10.0. The number of halogens is 1. The van der Waals surface area contributed by atoms with Crippen LogP contribution in [0.1, 0.15) is 18.1 Å². The first-order chi connectivity index (χ1) is 19.8. The topological polar surface area (TPSA) is 86.8 Å². The monoisotopic (exact) mass is 633 g/mol. The van der Waals surface area contributed by atoms with Crippen molar-refractivity contribution in [3.63, 3.8) is 0 Å². The van der Waals surface area contributed by atoms with Crippen LogP contribution in [0.5, 0.6) is 0 Å². The number of benzene rings is 4. The zero-order chi connectivity index (χ0) is 29.2. The Labute approximate surface area is 250 Å². The summed E-state index contributed by atoms with van der Waals surface area (Å²) in [6, 6.07) is 32.7. The molecular formula is C32H32BrN3O4S. The highest BCUT2D eigenvalue weighted by molar-refractivity contribution is 9.10. The second kappa shape index (κ2) is 14.1. The van der Waals surface area contributed by atoms with E-state index in [1.165, 1.54) is 17.0 Å². The van der Waals surface area contributed by atoms with Crippen molar-refractivity contribution >= 4 is 43.5 Å². The van der Waals surface area contributed by atoms with E-state index >= 15 is 0 Å². The van der Waals surface area contributed by atoms with Gasteiger partial charge in [0, 0.05) is 24.0 Å². The number of likely N-dealkylation sites (N-methyl/N-ethyl adjacent to an activating group) is 1. The zero-order valence-electron chi connectivity index (χ0n) is 22.7. The van der Waals surface area contributed by atoms with Gasteiger partial charge >= 0.3 is 0 Å². The molecule has 0 unspecified atom stereocenters. The molecule has 1 N–H and O–H groups in total. The van der Waals surface area contributed by atoms with E-state index in [0.717, 1.165) is 19.9 Å². The van der Waals surface area contributed by atoms with Crippen LogP contribution in [-0.4, -0.2) is 44.3 Å². The molecule has 4 aromatic carbocycles. The average molecular weight is 635 g/mol. The molecule has 4 rings (SSSR count). The molecule has 9 heteroatoms. The molecular weight excluding hydrogens is 602 g/mol. The van der Waals surface area contributed by atoms with Crippen molar-refractivity contribution in [2.45, 2.75) is 30.8 Å². The van der Waals surface area contributed by atoms with Crippen LogP contribution >= 0.6 is 15.9 Å². The van der Waals surface area contributed by atoms with E-state index in [9.17, 15) is 18.0 Å². The number of anilines is 1. The predicted octanol–water partition coefficient (Wildman–Crippen LogP) is 5.42. The van der Waals surface area contributed by atoms with Gasteiger partial charge in [-0.2, -0.15) is 0 Å². The van der Waals surface area contributed by atoms with Crippen molar-refractivity contribution in [1.29, 1.82) is 0 Å². The van der Waals surface area contributed by atoms with Crippen LogP contribution in [0.4, 0.5) is 5.69 Å². The van der Waals surface area contributed by atoms with Gasteiger partial charge in [-0.3, -0.25) is 13.9 Å². The minimum Gasteiger partial charge on any atom is -0.355 e. The number of nitrogens with zero attached hydrogens (tertiary/aromatic N) is 2. The summed E-state index contributed by atoms with van der Waals surface area (Å²) in [7, 11) is -4.11. The normalized spacial score (nSPS) is 11.9. The summed E-state index contributed by atoms with van der Waals surface area (Å²) >= 11 is 3.39. The Morgan fingerprint density at radius 3 is 1.88 bits per heavy atom. The number of rotatable bonds is 12. The van der Waals surface area contributed by atoms with Crippen LogP contribution in [0.3, 0.4) is 0 Å². The Kier molecular flexibility index (Phi) is 10.3. The largest absolute Gasteiger partial charge is 0.355 e. The van der Waals surface area contributed by atoms with Crippen LogP contribution in [0.2, 0.25) is 0 Å². The molecule has 0 radical (unpaired) electrons. The zero-order valence-corrected chi connectivity index (χ0v) is 25.1. The maximum atomic E-state index is 14.2. The predicted molar refractivity (Wildman–Crippen MR) is 165 cm³/mol. The fourth-order valence-electron chi connectivity index (χ4n) is 4.48. The number of carbonyl (C=O) groups is 2. The number of hydrogen-bond donors (Lipinski definition) is 1. The van der Waals surface area contributed by atoms with E-state index < -0.39 is 28.5 Å². The van der Waals surface area contributed by atoms with Gasteiger partial charge in [-0.1, -0.05) is 94.8 Å². The lowest BCUT2D eigenvalue weighted by Crippen LogP contribution is -2.53. The molecule has 212 valence electrons. The minimum absolute atomic E-state index is 0.0647. The van der Waals surface area contributed by atoms with Gasteiger partial charge in [0.15, 0.2) is 0 Å². The van der Waals surface area contributed by atoms with Crippen molar-refractivity contribution in [2.24, 2.45) is 0 Å². The van der Waals surface area contributed by atoms with E-state index in [1.807, 2.05) is 67.6 Å². The molecule has 0 saturated carbocycles. The second-order valence-electron chi connectivity index (χ2n) is 9.41. The number of amides is 2. The molecule has 0 aliphatic rings. The van der Waals surface area contributed by atoms with Crippen LogP contribution in [0.25, 0.3) is 0 Å². The van der Waals surface area contributed by atoms with Crippen molar-refractivity contribution < 1.29 is 18.0 Å². The summed E-state index contributed by atoms with van der Waals surface area (Å²) in [4.78, 5) is 29.3. The highest BCUT2D eigenvalue weighted by Crippen LogP contribution is 2.26. The SMILES string of the molecule is CCNC(=O)[C@@H](Cc1ccccc1)N(Cc1ccccc1)C(=O)CN(c1ccc(Br)cc1)S(=O)(=O)c1ccccc1. The van der Waals surface area contributed by atoms with E-state index in [-0.39, 0.29) is 23.8 Å². The number of sulfonamides is 1. The van der Waals surface area contributed by atoms with Gasteiger partial charge in [0.2, 0.25) is 11.8 Å². The number of carbonyl (C=O) groups excluding carboxylic acids is 2. The lowest BCUT2D eigenvalue weighted by molar-refractivity contribution is -0.140. The first kappa shape index (κ1) is 30.0. The van der Waals surface area contributed by atoms with Gasteiger partial charge < -0.3 is 10.2 Å². The smallest absolute Gasteiger partial charge is 0.264 e. The molecule has 0 aliphatic carbocycles. The Morgan fingerprint density at radius 2 is 1.32 bits per heavy atom. The highest BCUT2D eigenvalue weighted by Gasteiger charge is 2.34. The van der Waals surface area contributed by atoms with Crippen LogP contribution in [-0.2, 0) is 32.6 Å². The van der Waals surface area contributed by atoms with Crippen molar-refractivity contribution in [3.8, 4) is 0 Å². The van der Waals surface area contributed by atoms with Gasteiger partial charge in [0.05, 0.1) is 10.6 Å². The summed E-state index contributed by atoms with van der Waals surface area (Å²) in [6.45, 7) is 1.86. The van der Waals surface area contributed by atoms with E-state index in [1.54, 1.807) is 42.5 Å². The van der Waals surface area contributed by atoms with E-state index in [0.29, 0.717) is 12.2 Å². The fraction of sp³-hybridized carbons (Fsp3) is 0.188. The average Bonchev–Trinajstić information content (AvgIpc) is 2.99. The van der Waals surface area contributed by atoms with Crippen molar-refractivity contribution in [3.05, 3.63) is 131 Å². The van der Waals surface area contributed by atoms with Gasteiger partial charge in [-0.15, -0.1) is 0 Å². The van der Waals surface area contributed by atoms with Crippen molar-refractivity contribution in [1.82, 2.24) is 10.2 Å². The molecule has 0 spiro atoms. The minimum atomic E-state index is -4.11. The molecule has 0 fully saturated rings. The van der Waals surface area contributed by atoms with Gasteiger partial charge in [-0.25, -0.2) is 8.42 Å². The Balaban J connectivity index is 1.77. The van der Waals surface area contributed by atoms with Crippen LogP contribution in [0.15, 0.2) is 125 Å². The molecule has 0 aromatic heterocycles. The molecule has 2 amide bonds. The summed E-state index contributed by atoms with van der Waals surface area (Å²) in [5, 5.41) is 2.86. The molecule has 1 atom stereocenters. The maximum absolute atomic E-state index is 14.2. The Bertz CT molecular complexity index is 1530. The fourth-order valence-corrected chi connectivity index (χ4v) is 6.18. The molecule has 7 nitrogen and oxygen atoms in total. The molecule has 0 heterocycles. The summed E-state index contributed by atoms with van der Waals surface area (Å²) in [5.74, 6) is -0.801. The molecule has 0 saturated heterocycles. The summed E-state index contributed by atoms with van der Waals surface area (Å²) in [5.41, 5.74) is 2.04. The standard InChI is InChI=1S/C32H32BrN3O4S/c1-2-34-32(38)30(22-25-12-6-3-7-13-25)35(23-26-14-8-4-9-15-26)31(37)24-36(28-20-18-27(33)19-21-28)41(39,40)29-16-10-5-11-17-29/h3-21,30H,2,22-24H2,1H3,(H,34,38)/t30-/m1/s1. The third-order valence-corrected chi connectivity index (χ3v) is 8.86. The Hall–Kier alpha value is -3.95. The maximum Gasteiger partial charge on any atom is 0.264 e. The Morgan fingerprint density at radius 1 is 0.780 bits per heavy atom. The van der Waals surface area contributed by atoms with E-state index in [4.69, 9.17) is 0 Å². The molecule has 0 aliphatic heterocycles. The first-order valence-corrected chi connectivity index (χ1v) is 15.5. The second-order valence-corrected chi connectivity index (χ2v) is 12.2. The van der Waals surface area contributed by atoms with Gasteiger partial charge in [0.25, 0.3) is 10.0 Å². The molecule has 41 heavy (non-hydrogen) atoms. The lowest BCUT2D eigenvalue weighted by Gasteiger charge is -2.33. The quantitative estimate of drug-likeness (QED) is 0.226. The van der Waals surface area contributed by atoms with Gasteiger partial charge in [-0.05, 0) is 54.4 Å². The third kappa shape index (κ3) is 7.83. The highest BCUT2D eigenvalue weighted by atomic mass is 79.9. The molecule has 0 bridgehead atoms. The summed E-state index contributed by atoms with van der Waals surface area (Å²) < 4.78 is 29.7. The van der Waals surface area contributed by atoms with Gasteiger partial charge in [0.1, 0.15) is 12.6 Å².